The van der Waals surface area contributed by atoms with Crippen LogP contribution in [-0.4, -0.2) is 65.9 Å². The fourth-order valence-electron chi connectivity index (χ4n) is 3.86. The summed E-state index contributed by atoms with van der Waals surface area (Å²) in [5.74, 6) is 3.50. The number of anilines is 1. The molecule has 2 amide bonds. The molecule has 4 rings (SSSR count). The van der Waals surface area contributed by atoms with Gasteiger partial charge in [-0.15, -0.1) is 0 Å². The Morgan fingerprint density at radius 3 is 2.47 bits per heavy atom. The molecule has 6 nitrogen and oxygen atoms in total. The van der Waals surface area contributed by atoms with Gasteiger partial charge >= 0.3 is 0 Å². The number of thioether (sulfide) groups is 1. The van der Waals surface area contributed by atoms with Gasteiger partial charge in [-0.05, 0) is 42.7 Å². The van der Waals surface area contributed by atoms with E-state index in [4.69, 9.17) is 0 Å². The van der Waals surface area contributed by atoms with Crippen LogP contribution in [-0.2, 0) is 4.79 Å². The maximum absolute atomic E-state index is 12.4. The maximum Gasteiger partial charge on any atom is 0.251 e. The van der Waals surface area contributed by atoms with Crippen molar-refractivity contribution < 1.29 is 9.59 Å². The average Bonchev–Trinajstić information content (AvgIpc) is 3.22. The molecule has 2 aromatic rings. The van der Waals surface area contributed by atoms with Crippen LogP contribution in [0.4, 0.5) is 5.82 Å². The third kappa shape index (κ3) is 5.14. The first-order valence-corrected chi connectivity index (χ1v) is 11.8. The highest BCUT2D eigenvalue weighted by Gasteiger charge is 2.19. The van der Waals surface area contributed by atoms with Crippen molar-refractivity contribution in [2.24, 2.45) is 0 Å². The number of benzene rings is 1. The average molecular weight is 425 g/mol. The van der Waals surface area contributed by atoms with Gasteiger partial charge in [-0.2, -0.15) is 11.8 Å². The number of pyridine rings is 1. The van der Waals surface area contributed by atoms with Crippen molar-refractivity contribution in [1.82, 2.24) is 15.2 Å². The minimum absolute atomic E-state index is 0.0780. The van der Waals surface area contributed by atoms with Crippen molar-refractivity contribution in [3.05, 3.63) is 48.2 Å². The number of nitrogens with one attached hydrogen (secondary N) is 1. The first-order chi connectivity index (χ1) is 14.7. The van der Waals surface area contributed by atoms with Crippen molar-refractivity contribution in [3.63, 3.8) is 0 Å². The monoisotopic (exact) mass is 424 g/mol. The first kappa shape index (κ1) is 20.7. The summed E-state index contributed by atoms with van der Waals surface area (Å²) >= 11 is 1.99. The summed E-state index contributed by atoms with van der Waals surface area (Å²) in [5.41, 5.74) is 2.74. The zero-order valence-corrected chi connectivity index (χ0v) is 18.0. The molecule has 3 heterocycles. The summed E-state index contributed by atoms with van der Waals surface area (Å²) in [5, 5.41) is 2.94. The Bertz CT molecular complexity index is 864. The molecule has 30 heavy (non-hydrogen) atoms. The highest BCUT2D eigenvalue weighted by Crippen LogP contribution is 2.23. The van der Waals surface area contributed by atoms with Crippen LogP contribution in [0.3, 0.4) is 0 Å². The molecule has 2 aliphatic heterocycles. The highest BCUT2D eigenvalue weighted by molar-refractivity contribution is 7.99. The quantitative estimate of drug-likeness (QED) is 0.692. The van der Waals surface area contributed by atoms with Gasteiger partial charge < -0.3 is 15.1 Å². The van der Waals surface area contributed by atoms with E-state index in [9.17, 15) is 9.59 Å². The van der Waals surface area contributed by atoms with Crippen molar-refractivity contribution in [1.29, 1.82) is 0 Å². The Labute approximate surface area is 182 Å². The molecule has 0 aliphatic carbocycles. The summed E-state index contributed by atoms with van der Waals surface area (Å²) in [7, 11) is 0. The van der Waals surface area contributed by atoms with E-state index in [1.165, 1.54) is 0 Å². The van der Waals surface area contributed by atoms with Gasteiger partial charge in [0.15, 0.2) is 0 Å². The molecule has 2 saturated heterocycles. The van der Waals surface area contributed by atoms with E-state index in [-0.39, 0.29) is 11.8 Å². The standard InChI is InChI=1S/C23H28N4O2S/c28-22-3-1-11-27(22)12-2-10-24-23(29)19-6-4-18(5-7-19)20-8-9-21(25-17-20)26-13-15-30-16-14-26/h4-9,17H,1-3,10-16H2,(H,24,29). The predicted octanol–water partition coefficient (Wildman–Crippen LogP) is 3.04. The van der Waals surface area contributed by atoms with Crippen LogP contribution in [0.15, 0.2) is 42.6 Å². The van der Waals surface area contributed by atoms with E-state index < -0.39 is 0 Å². The highest BCUT2D eigenvalue weighted by atomic mass is 32.2. The number of hydrogen-bond donors (Lipinski definition) is 1. The smallest absolute Gasteiger partial charge is 0.251 e. The molecule has 2 fully saturated rings. The predicted molar refractivity (Wildman–Crippen MR) is 122 cm³/mol. The fraction of sp³-hybridized carbons (Fsp3) is 0.435. The number of hydrogen-bond acceptors (Lipinski definition) is 5. The van der Waals surface area contributed by atoms with Gasteiger partial charge in [-0.25, -0.2) is 4.98 Å². The molecule has 1 aromatic heterocycles. The Kier molecular flexibility index (Phi) is 6.89. The molecule has 0 atom stereocenters. The number of carbonyl (C=O) groups is 2. The molecule has 2 aliphatic rings. The van der Waals surface area contributed by atoms with Gasteiger partial charge in [-0.1, -0.05) is 12.1 Å². The second-order valence-electron chi connectivity index (χ2n) is 7.68. The van der Waals surface area contributed by atoms with Gasteiger partial charge in [0.2, 0.25) is 5.91 Å². The van der Waals surface area contributed by atoms with Crippen molar-refractivity contribution >= 4 is 29.4 Å². The molecule has 0 bridgehead atoms. The molecule has 0 spiro atoms. The molecule has 0 unspecified atom stereocenters. The van der Waals surface area contributed by atoms with Crippen molar-refractivity contribution in [2.75, 3.05) is 49.1 Å². The first-order valence-electron chi connectivity index (χ1n) is 10.7. The van der Waals surface area contributed by atoms with Crippen LogP contribution in [0.25, 0.3) is 11.1 Å². The van der Waals surface area contributed by atoms with Gasteiger partial charge in [-0.3, -0.25) is 9.59 Å². The van der Waals surface area contributed by atoms with Crippen molar-refractivity contribution in [2.45, 2.75) is 19.3 Å². The van der Waals surface area contributed by atoms with E-state index in [0.29, 0.717) is 18.5 Å². The summed E-state index contributed by atoms with van der Waals surface area (Å²) in [6.45, 7) is 4.24. The zero-order chi connectivity index (χ0) is 20.8. The van der Waals surface area contributed by atoms with Crippen LogP contribution in [0.5, 0.6) is 0 Å². The lowest BCUT2D eigenvalue weighted by Crippen LogP contribution is -2.32. The molecule has 0 radical (unpaired) electrons. The second-order valence-corrected chi connectivity index (χ2v) is 8.90. The lowest BCUT2D eigenvalue weighted by atomic mass is 10.1. The lowest BCUT2D eigenvalue weighted by molar-refractivity contribution is -0.127. The molecule has 1 aromatic carbocycles. The summed E-state index contributed by atoms with van der Waals surface area (Å²) in [6, 6.07) is 11.8. The van der Waals surface area contributed by atoms with E-state index in [1.54, 1.807) is 0 Å². The van der Waals surface area contributed by atoms with E-state index in [1.807, 2.05) is 47.1 Å². The lowest BCUT2D eigenvalue weighted by Gasteiger charge is -2.27. The number of aromatic nitrogens is 1. The van der Waals surface area contributed by atoms with E-state index in [0.717, 1.165) is 67.5 Å². The number of carbonyl (C=O) groups excluding carboxylic acids is 2. The molecular formula is C23H28N4O2S. The Morgan fingerprint density at radius 2 is 1.80 bits per heavy atom. The minimum atomic E-state index is -0.0780. The van der Waals surface area contributed by atoms with Crippen LogP contribution in [0, 0.1) is 0 Å². The Hall–Kier alpha value is -2.54. The van der Waals surface area contributed by atoms with Crippen LogP contribution in [0.1, 0.15) is 29.6 Å². The Morgan fingerprint density at radius 1 is 1.03 bits per heavy atom. The molecule has 7 heteroatoms. The van der Waals surface area contributed by atoms with Gasteiger partial charge in [0.1, 0.15) is 5.82 Å². The van der Waals surface area contributed by atoms with E-state index >= 15 is 0 Å². The topological polar surface area (TPSA) is 65.5 Å². The minimum Gasteiger partial charge on any atom is -0.355 e. The van der Waals surface area contributed by atoms with Gasteiger partial charge in [0, 0.05) is 68.0 Å². The summed E-state index contributed by atoms with van der Waals surface area (Å²) in [4.78, 5) is 32.8. The summed E-state index contributed by atoms with van der Waals surface area (Å²) < 4.78 is 0. The summed E-state index contributed by atoms with van der Waals surface area (Å²) in [6.07, 6.45) is 4.30. The van der Waals surface area contributed by atoms with Gasteiger partial charge in [0.25, 0.3) is 5.91 Å². The van der Waals surface area contributed by atoms with E-state index in [2.05, 4.69) is 27.3 Å². The fourth-order valence-corrected chi connectivity index (χ4v) is 4.77. The zero-order valence-electron chi connectivity index (χ0n) is 17.2. The number of amides is 2. The number of likely N-dealkylation sites (tertiary alicyclic amines) is 1. The molecule has 0 saturated carbocycles. The third-order valence-corrected chi connectivity index (χ3v) is 6.57. The normalized spacial score (nSPS) is 16.7. The van der Waals surface area contributed by atoms with Crippen LogP contribution < -0.4 is 10.2 Å². The molecule has 158 valence electrons. The SMILES string of the molecule is O=C(NCCCN1CCCC1=O)c1ccc(-c2ccc(N3CCSCC3)nc2)cc1. The molecule has 1 N–H and O–H groups in total. The van der Waals surface area contributed by atoms with Crippen LogP contribution >= 0.6 is 11.8 Å². The number of rotatable bonds is 7. The molecular weight excluding hydrogens is 396 g/mol. The second kappa shape index (κ2) is 9.98. The number of nitrogens with zero attached hydrogens (tertiary/aromatic N) is 3. The van der Waals surface area contributed by atoms with Gasteiger partial charge in [0.05, 0.1) is 0 Å². The Balaban J connectivity index is 1.27. The maximum atomic E-state index is 12.4. The van der Waals surface area contributed by atoms with Crippen LogP contribution in [0.2, 0.25) is 0 Å². The van der Waals surface area contributed by atoms with Crippen molar-refractivity contribution in [3.8, 4) is 11.1 Å². The third-order valence-electron chi connectivity index (χ3n) is 5.63. The largest absolute Gasteiger partial charge is 0.355 e.